The molecular formula is C14H22BrN3. The lowest BCUT2D eigenvalue weighted by Gasteiger charge is -2.35. The van der Waals surface area contributed by atoms with Crippen LogP contribution in [0.1, 0.15) is 39.5 Å². The van der Waals surface area contributed by atoms with E-state index in [0.717, 1.165) is 21.9 Å². The first-order valence-electron chi connectivity index (χ1n) is 6.75. The van der Waals surface area contributed by atoms with Crippen LogP contribution in [-0.4, -0.2) is 11.0 Å². The number of nitrogens with two attached hydrogens (primary N) is 1. The van der Waals surface area contributed by atoms with Crippen molar-refractivity contribution >= 4 is 27.4 Å². The summed E-state index contributed by atoms with van der Waals surface area (Å²) < 4.78 is 0.926. The fraction of sp³-hybridized carbons (Fsp3) is 0.643. The molecule has 0 aliphatic heterocycles. The summed E-state index contributed by atoms with van der Waals surface area (Å²) in [5, 5.41) is 3.55. The van der Waals surface area contributed by atoms with Gasteiger partial charge in [0.1, 0.15) is 5.82 Å². The predicted molar refractivity (Wildman–Crippen MR) is 80.6 cm³/mol. The van der Waals surface area contributed by atoms with Crippen molar-refractivity contribution in [3.8, 4) is 0 Å². The maximum atomic E-state index is 6.01. The molecule has 1 aromatic heterocycles. The summed E-state index contributed by atoms with van der Waals surface area (Å²) in [6.45, 7) is 4.62. The zero-order valence-corrected chi connectivity index (χ0v) is 12.7. The van der Waals surface area contributed by atoms with Crippen LogP contribution in [0.15, 0.2) is 16.7 Å². The highest BCUT2D eigenvalue weighted by atomic mass is 79.9. The summed E-state index contributed by atoms with van der Waals surface area (Å²) in [4.78, 5) is 4.38. The van der Waals surface area contributed by atoms with E-state index < -0.39 is 0 Å². The molecule has 1 aromatic rings. The van der Waals surface area contributed by atoms with Crippen LogP contribution in [-0.2, 0) is 0 Å². The van der Waals surface area contributed by atoms with Gasteiger partial charge in [0, 0.05) is 16.7 Å². The molecule has 1 saturated carbocycles. The maximum absolute atomic E-state index is 6.01. The molecule has 18 heavy (non-hydrogen) atoms. The molecule has 100 valence electrons. The Morgan fingerprint density at radius 3 is 2.78 bits per heavy atom. The van der Waals surface area contributed by atoms with Crippen LogP contribution in [0.3, 0.4) is 0 Å². The van der Waals surface area contributed by atoms with E-state index in [0.29, 0.717) is 12.0 Å². The molecule has 1 fully saturated rings. The van der Waals surface area contributed by atoms with E-state index in [1.54, 1.807) is 6.20 Å². The highest BCUT2D eigenvalue weighted by Crippen LogP contribution is 2.33. The van der Waals surface area contributed by atoms with Gasteiger partial charge in [-0.15, -0.1) is 0 Å². The number of pyridine rings is 1. The van der Waals surface area contributed by atoms with Crippen LogP contribution in [0.2, 0.25) is 0 Å². The Morgan fingerprint density at radius 1 is 1.39 bits per heavy atom. The molecule has 2 atom stereocenters. The fourth-order valence-corrected chi connectivity index (χ4v) is 3.24. The highest BCUT2D eigenvalue weighted by molar-refractivity contribution is 9.10. The summed E-state index contributed by atoms with van der Waals surface area (Å²) in [5.41, 5.74) is 6.72. The Hall–Kier alpha value is -0.770. The number of halogens is 1. The van der Waals surface area contributed by atoms with Gasteiger partial charge >= 0.3 is 0 Å². The van der Waals surface area contributed by atoms with Gasteiger partial charge in [0.15, 0.2) is 0 Å². The van der Waals surface area contributed by atoms with E-state index in [-0.39, 0.29) is 0 Å². The van der Waals surface area contributed by atoms with Crippen molar-refractivity contribution in [2.75, 3.05) is 11.1 Å². The largest absolute Gasteiger partial charge is 0.396 e. The van der Waals surface area contributed by atoms with E-state index in [9.17, 15) is 0 Å². The van der Waals surface area contributed by atoms with Crippen molar-refractivity contribution in [1.29, 1.82) is 0 Å². The molecular weight excluding hydrogens is 290 g/mol. The summed E-state index contributed by atoms with van der Waals surface area (Å²) in [6, 6.07) is 2.41. The van der Waals surface area contributed by atoms with Crippen LogP contribution >= 0.6 is 15.9 Å². The van der Waals surface area contributed by atoms with E-state index in [4.69, 9.17) is 5.73 Å². The third kappa shape index (κ3) is 3.16. The monoisotopic (exact) mass is 311 g/mol. The Morgan fingerprint density at radius 2 is 2.11 bits per heavy atom. The number of rotatable bonds is 3. The van der Waals surface area contributed by atoms with Crippen LogP contribution in [0, 0.1) is 11.8 Å². The topological polar surface area (TPSA) is 50.9 Å². The standard InChI is InChI=1S/C14H22BrN3/c1-9(2)11-5-3-4-6-13(11)18-14-12(16)7-10(15)8-17-14/h7-9,11,13H,3-6,16H2,1-2H3,(H,17,18). The van der Waals surface area contributed by atoms with Crippen molar-refractivity contribution < 1.29 is 0 Å². The van der Waals surface area contributed by atoms with Gasteiger partial charge in [-0.2, -0.15) is 0 Å². The van der Waals surface area contributed by atoms with Crippen molar-refractivity contribution in [3.63, 3.8) is 0 Å². The Kier molecular flexibility index (Phi) is 4.49. The third-order valence-corrected chi connectivity index (χ3v) is 4.32. The van der Waals surface area contributed by atoms with Gasteiger partial charge in [-0.25, -0.2) is 4.98 Å². The molecule has 3 nitrogen and oxygen atoms in total. The minimum Gasteiger partial charge on any atom is -0.396 e. The second-order valence-electron chi connectivity index (χ2n) is 5.53. The lowest BCUT2D eigenvalue weighted by atomic mass is 9.78. The van der Waals surface area contributed by atoms with Gasteiger partial charge < -0.3 is 11.1 Å². The molecule has 0 bridgehead atoms. The summed E-state index contributed by atoms with van der Waals surface area (Å²) in [5.74, 6) is 2.26. The minimum absolute atomic E-state index is 0.509. The molecule has 0 aromatic carbocycles. The molecule has 1 heterocycles. The average Bonchev–Trinajstić information content (AvgIpc) is 2.33. The van der Waals surface area contributed by atoms with Gasteiger partial charge in [0.2, 0.25) is 0 Å². The van der Waals surface area contributed by atoms with Crippen molar-refractivity contribution in [2.24, 2.45) is 11.8 Å². The van der Waals surface area contributed by atoms with Crippen LogP contribution < -0.4 is 11.1 Å². The second kappa shape index (κ2) is 5.91. The molecule has 1 aliphatic carbocycles. The molecule has 0 spiro atoms. The van der Waals surface area contributed by atoms with E-state index in [1.807, 2.05) is 6.07 Å². The molecule has 1 aliphatic rings. The van der Waals surface area contributed by atoms with Crippen LogP contribution in [0.25, 0.3) is 0 Å². The first-order valence-corrected chi connectivity index (χ1v) is 7.55. The highest BCUT2D eigenvalue weighted by Gasteiger charge is 2.27. The quantitative estimate of drug-likeness (QED) is 0.885. The minimum atomic E-state index is 0.509. The molecule has 2 unspecified atom stereocenters. The lowest BCUT2D eigenvalue weighted by Crippen LogP contribution is -2.35. The molecule has 0 radical (unpaired) electrons. The molecule has 3 N–H and O–H groups in total. The smallest absolute Gasteiger partial charge is 0.149 e. The fourth-order valence-electron chi connectivity index (χ4n) is 2.89. The Balaban J connectivity index is 2.11. The van der Waals surface area contributed by atoms with Crippen molar-refractivity contribution in [2.45, 2.75) is 45.6 Å². The van der Waals surface area contributed by atoms with Gasteiger partial charge in [-0.05, 0) is 46.7 Å². The Bertz CT molecular complexity index is 406. The zero-order chi connectivity index (χ0) is 13.1. The number of anilines is 2. The van der Waals surface area contributed by atoms with Crippen molar-refractivity contribution in [1.82, 2.24) is 4.98 Å². The first kappa shape index (κ1) is 13.7. The van der Waals surface area contributed by atoms with Gasteiger partial charge in [-0.1, -0.05) is 26.7 Å². The van der Waals surface area contributed by atoms with Crippen LogP contribution in [0.4, 0.5) is 11.5 Å². The summed E-state index contributed by atoms with van der Waals surface area (Å²) in [7, 11) is 0. The lowest BCUT2D eigenvalue weighted by molar-refractivity contribution is 0.253. The number of aromatic nitrogens is 1. The summed E-state index contributed by atoms with van der Waals surface area (Å²) >= 11 is 3.39. The molecule has 2 rings (SSSR count). The predicted octanol–water partition coefficient (Wildman–Crippen LogP) is 4.05. The maximum Gasteiger partial charge on any atom is 0.149 e. The molecule has 0 saturated heterocycles. The summed E-state index contributed by atoms with van der Waals surface area (Å²) in [6.07, 6.45) is 6.99. The van der Waals surface area contributed by atoms with E-state index in [1.165, 1.54) is 25.7 Å². The van der Waals surface area contributed by atoms with Gasteiger partial charge in [-0.3, -0.25) is 0 Å². The number of hydrogen-bond donors (Lipinski definition) is 2. The Labute approximate surface area is 118 Å². The van der Waals surface area contributed by atoms with Crippen LogP contribution in [0.5, 0.6) is 0 Å². The van der Waals surface area contributed by atoms with Gasteiger partial charge in [0.25, 0.3) is 0 Å². The number of nitrogens with zero attached hydrogens (tertiary/aromatic N) is 1. The van der Waals surface area contributed by atoms with Crippen molar-refractivity contribution in [3.05, 3.63) is 16.7 Å². The van der Waals surface area contributed by atoms with E-state index in [2.05, 4.69) is 40.1 Å². The molecule has 0 amide bonds. The zero-order valence-electron chi connectivity index (χ0n) is 11.1. The SMILES string of the molecule is CC(C)C1CCCCC1Nc1ncc(Br)cc1N. The number of hydrogen-bond acceptors (Lipinski definition) is 3. The number of nitrogen functional groups attached to an aromatic ring is 1. The normalized spacial score (nSPS) is 24.2. The average molecular weight is 312 g/mol. The first-order chi connectivity index (χ1) is 8.58. The number of nitrogens with one attached hydrogen (secondary N) is 1. The second-order valence-corrected chi connectivity index (χ2v) is 6.45. The van der Waals surface area contributed by atoms with Gasteiger partial charge in [0.05, 0.1) is 5.69 Å². The molecule has 4 heteroatoms. The third-order valence-electron chi connectivity index (χ3n) is 3.88. The van der Waals surface area contributed by atoms with E-state index >= 15 is 0 Å².